The van der Waals surface area contributed by atoms with Crippen LogP contribution in [0.4, 0.5) is 0 Å². The number of aromatic hydroxyl groups is 2. The molecule has 0 aromatic heterocycles. The Bertz CT molecular complexity index is 826. The molecule has 0 aliphatic carbocycles. The summed E-state index contributed by atoms with van der Waals surface area (Å²) in [7, 11) is 0. The number of aryl methyl sites for hydroxylation is 2. The number of phenols is 2. The number of phenolic OH excluding ortho intramolecular Hbond substituents is 2. The van der Waals surface area contributed by atoms with Gasteiger partial charge in [0.1, 0.15) is 11.5 Å². The molecule has 8 nitrogen and oxygen atoms in total. The Morgan fingerprint density at radius 3 is 1.43 bits per heavy atom. The third-order valence-electron chi connectivity index (χ3n) is 4.71. The first-order valence-electron chi connectivity index (χ1n) is 9.59. The molecule has 0 unspecified atom stereocenters. The van der Waals surface area contributed by atoms with Gasteiger partial charge in [-0.1, -0.05) is 35.4 Å². The number of nitrogens with zero attached hydrogens (tertiary/aromatic N) is 2. The van der Waals surface area contributed by atoms with Crippen molar-refractivity contribution in [3.63, 3.8) is 0 Å². The number of hydrogen-bond acceptors (Lipinski definition) is 6. The minimum atomic E-state index is -1.01. The van der Waals surface area contributed by atoms with Crippen LogP contribution < -0.4 is 0 Å². The molecule has 0 aliphatic rings. The van der Waals surface area contributed by atoms with Gasteiger partial charge in [0.05, 0.1) is 13.1 Å². The van der Waals surface area contributed by atoms with Crippen LogP contribution in [0.3, 0.4) is 0 Å². The van der Waals surface area contributed by atoms with Crippen molar-refractivity contribution >= 4 is 11.9 Å². The Labute approximate surface area is 175 Å². The van der Waals surface area contributed by atoms with Crippen LogP contribution in [0, 0.1) is 13.8 Å². The fraction of sp³-hybridized carbons (Fsp3) is 0.364. The lowest BCUT2D eigenvalue weighted by Gasteiger charge is -2.26. The van der Waals surface area contributed by atoms with E-state index in [2.05, 4.69) is 0 Å². The van der Waals surface area contributed by atoms with Gasteiger partial charge in [-0.05, 0) is 26.0 Å². The fourth-order valence-corrected chi connectivity index (χ4v) is 3.26. The molecule has 0 saturated carbocycles. The molecule has 162 valence electrons. The Kier molecular flexibility index (Phi) is 8.20. The second-order valence-electron chi connectivity index (χ2n) is 7.47. The maximum Gasteiger partial charge on any atom is 0.317 e. The van der Waals surface area contributed by atoms with Gasteiger partial charge in [0, 0.05) is 37.3 Å². The quantitative estimate of drug-likeness (QED) is 0.440. The summed E-state index contributed by atoms with van der Waals surface area (Å²) in [5.41, 5.74) is 3.11. The van der Waals surface area contributed by atoms with Gasteiger partial charge in [-0.15, -0.1) is 0 Å². The Morgan fingerprint density at radius 1 is 0.733 bits per heavy atom. The maximum absolute atomic E-state index is 11.3. The Balaban J connectivity index is 2.13. The first-order valence-corrected chi connectivity index (χ1v) is 9.59. The number of benzene rings is 2. The lowest BCUT2D eigenvalue weighted by molar-refractivity contribution is -0.140. The number of hydrogen-bond donors (Lipinski definition) is 4. The van der Waals surface area contributed by atoms with Gasteiger partial charge in [0.2, 0.25) is 0 Å². The van der Waals surface area contributed by atoms with Crippen molar-refractivity contribution in [1.82, 2.24) is 9.80 Å². The van der Waals surface area contributed by atoms with E-state index in [1.807, 2.05) is 13.8 Å². The summed E-state index contributed by atoms with van der Waals surface area (Å²) in [6.07, 6.45) is 0. The normalized spacial score (nSPS) is 11.2. The number of carboxylic acids is 2. The van der Waals surface area contributed by atoms with Gasteiger partial charge < -0.3 is 20.4 Å². The summed E-state index contributed by atoms with van der Waals surface area (Å²) in [5, 5.41) is 38.7. The largest absolute Gasteiger partial charge is 0.508 e. The van der Waals surface area contributed by atoms with Crippen LogP contribution >= 0.6 is 0 Å². The monoisotopic (exact) mass is 416 g/mol. The molecular weight excluding hydrogens is 388 g/mol. The van der Waals surface area contributed by atoms with Crippen LogP contribution in [0.5, 0.6) is 11.5 Å². The van der Waals surface area contributed by atoms with Crippen LogP contribution in [0.25, 0.3) is 0 Å². The third kappa shape index (κ3) is 7.38. The highest BCUT2D eigenvalue weighted by molar-refractivity contribution is 5.69. The van der Waals surface area contributed by atoms with Crippen molar-refractivity contribution in [2.45, 2.75) is 26.9 Å². The van der Waals surface area contributed by atoms with E-state index in [1.54, 1.807) is 46.2 Å². The lowest BCUT2D eigenvalue weighted by atomic mass is 10.1. The highest BCUT2D eigenvalue weighted by Crippen LogP contribution is 2.21. The summed E-state index contributed by atoms with van der Waals surface area (Å²) in [4.78, 5) is 25.9. The Hall–Kier alpha value is -3.10. The van der Waals surface area contributed by atoms with E-state index < -0.39 is 11.9 Å². The van der Waals surface area contributed by atoms with Crippen molar-refractivity contribution in [1.29, 1.82) is 0 Å². The zero-order chi connectivity index (χ0) is 22.3. The average Bonchev–Trinajstić information content (AvgIpc) is 2.64. The number of rotatable bonds is 11. The highest BCUT2D eigenvalue weighted by atomic mass is 16.4. The predicted molar refractivity (Wildman–Crippen MR) is 112 cm³/mol. The van der Waals surface area contributed by atoms with Gasteiger partial charge >= 0.3 is 11.9 Å². The third-order valence-corrected chi connectivity index (χ3v) is 4.71. The molecule has 2 aromatic rings. The highest BCUT2D eigenvalue weighted by Gasteiger charge is 2.17. The molecule has 2 aromatic carbocycles. The van der Waals surface area contributed by atoms with Crippen LogP contribution in [0.15, 0.2) is 36.4 Å². The topological polar surface area (TPSA) is 122 Å². The molecule has 0 heterocycles. The van der Waals surface area contributed by atoms with E-state index >= 15 is 0 Å². The smallest absolute Gasteiger partial charge is 0.317 e. The van der Waals surface area contributed by atoms with Crippen molar-refractivity contribution in [2.24, 2.45) is 0 Å². The first-order chi connectivity index (χ1) is 14.1. The van der Waals surface area contributed by atoms with Crippen molar-refractivity contribution < 1.29 is 30.0 Å². The lowest BCUT2D eigenvalue weighted by Crippen LogP contribution is -2.39. The van der Waals surface area contributed by atoms with Gasteiger partial charge in [-0.25, -0.2) is 0 Å². The summed E-state index contributed by atoms with van der Waals surface area (Å²) in [6.45, 7) is 4.26. The van der Waals surface area contributed by atoms with Crippen LogP contribution in [0.2, 0.25) is 0 Å². The number of carboxylic acid groups (broad SMARTS) is 2. The zero-order valence-corrected chi connectivity index (χ0v) is 17.2. The molecule has 8 heteroatoms. The van der Waals surface area contributed by atoms with Crippen LogP contribution in [0.1, 0.15) is 22.3 Å². The number of carbonyl (C=O) groups is 2. The molecule has 0 radical (unpaired) electrons. The van der Waals surface area contributed by atoms with Gasteiger partial charge in [0.15, 0.2) is 0 Å². The molecule has 0 amide bonds. The molecule has 30 heavy (non-hydrogen) atoms. The molecule has 2 rings (SSSR count). The van der Waals surface area contributed by atoms with Crippen molar-refractivity contribution in [3.8, 4) is 11.5 Å². The summed E-state index contributed by atoms with van der Waals surface area (Å²) in [5.74, 6) is -1.85. The molecule has 0 fully saturated rings. The van der Waals surface area contributed by atoms with E-state index in [-0.39, 0.29) is 50.8 Å². The molecule has 0 saturated heterocycles. The van der Waals surface area contributed by atoms with E-state index in [0.29, 0.717) is 11.1 Å². The second-order valence-corrected chi connectivity index (χ2v) is 7.47. The molecule has 0 atom stereocenters. The molecule has 0 bridgehead atoms. The minimum absolute atomic E-state index is 0.0862. The van der Waals surface area contributed by atoms with Gasteiger partial charge in [0.25, 0.3) is 0 Å². The summed E-state index contributed by atoms with van der Waals surface area (Å²) >= 11 is 0. The van der Waals surface area contributed by atoms with E-state index in [0.717, 1.165) is 11.1 Å². The second kappa shape index (κ2) is 10.6. The zero-order valence-electron chi connectivity index (χ0n) is 17.2. The van der Waals surface area contributed by atoms with E-state index in [9.17, 15) is 30.0 Å². The van der Waals surface area contributed by atoms with Crippen LogP contribution in [-0.2, 0) is 22.7 Å². The maximum atomic E-state index is 11.3. The SMILES string of the molecule is Cc1ccc(O)c(CN(CCN(CC(=O)O)Cc2cc(C)ccc2O)CC(=O)O)c1. The van der Waals surface area contributed by atoms with Crippen LogP contribution in [-0.4, -0.2) is 68.3 Å². The van der Waals surface area contributed by atoms with Gasteiger partial charge in [-0.2, -0.15) is 0 Å². The van der Waals surface area contributed by atoms with Gasteiger partial charge in [-0.3, -0.25) is 19.4 Å². The molecule has 0 spiro atoms. The first kappa shape index (κ1) is 23.2. The standard InChI is InChI=1S/C22H28N2O6/c1-15-3-5-19(25)17(9-15)11-23(13-21(27)28)7-8-24(14-22(29)30)12-18-10-16(2)4-6-20(18)26/h3-6,9-10,25-26H,7-8,11-14H2,1-2H3,(H,27,28)(H,29,30). The Morgan fingerprint density at radius 2 is 1.10 bits per heavy atom. The van der Waals surface area contributed by atoms with Crippen molar-refractivity contribution in [3.05, 3.63) is 58.7 Å². The van der Waals surface area contributed by atoms with E-state index in [4.69, 9.17) is 0 Å². The molecule has 4 N–H and O–H groups in total. The minimum Gasteiger partial charge on any atom is -0.508 e. The summed E-state index contributed by atoms with van der Waals surface area (Å²) in [6, 6.07) is 10.3. The average molecular weight is 416 g/mol. The van der Waals surface area contributed by atoms with Crippen molar-refractivity contribution in [2.75, 3.05) is 26.2 Å². The predicted octanol–water partition coefficient (Wildman–Crippen LogP) is 2.19. The molecule has 0 aliphatic heterocycles. The van der Waals surface area contributed by atoms with E-state index in [1.165, 1.54) is 0 Å². The fourth-order valence-electron chi connectivity index (χ4n) is 3.26. The summed E-state index contributed by atoms with van der Waals surface area (Å²) < 4.78 is 0. The number of aliphatic carboxylic acids is 2. The molecular formula is C22H28N2O6.